The van der Waals surface area contributed by atoms with Crippen molar-refractivity contribution in [2.45, 2.75) is 175 Å². The van der Waals surface area contributed by atoms with Crippen LogP contribution in [0.5, 0.6) is 0 Å². The predicted octanol–water partition coefficient (Wildman–Crippen LogP) is 10.8. The number of hydrogen-bond acceptors (Lipinski definition) is 0. The van der Waals surface area contributed by atoms with E-state index in [4.69, 9.17) is 0 Å². The fourth-order valence-electron chi connectivity index (χ4n) is 5.83. The van der Waals surface area contributed by atoms with Crippen LogP contribution in [0.3, 0.4) is 0 Å². The maximum absolute atomic E-state index is 2.57. The van der Waals surface area contributed by atoms with E-state index in [1.54, 1.807) is 5.82 Å². The van der Waals surface area contributed by atoms with Crippen molar-refractivity contribution in [3.8, 4) is 0 Å². The summed E-state index contributed by atoms with van der Waals surface area (Å²) in [5.41, 5.74) is 1.46. The zero-order valence-electron chi connectivity index (χ0n) is 25.6. The van der Waals surface area contributed by atoms with Gasteiger partial charge in [0.1, 0.15) is 12.4 Å². The van der Waals surface area contributed by atoms with Crippen LogP contribution in [0.2, 0.25) is 0 Å². The lowest BCUT2D eigenvalue weighted by atomic mass is 10.0. The molecule has 2 nitrogen and oxygen atoms in total. The van der Waals surface area contributed by atoms with Gasteiger partial charge in [0.2, 0.25) is 0 Å². The van der Waals surface area contributed by atoms with Crippen LogP contribution in [0, 0.1) is 0 Å². The summed E-state index contributed by atoms with van der Waals surface area (Å²) in [4.78, 5) is 0. The fraction of sp³-hybridized carbons (Fsp3) is 0.750. The second-order valence-electron chi connectivity index (χ2n) is 11.8. The van der Waals surface area contributed by atoms with Crippen LogP contribution >= 0.6 is 0 Å². The molecule has 0 unspecified atom stereocenters. The summed E-state index contributed by atoms with van der Waals surface area (Å²) >= 11 is 0. The zero-order valence-corrected chi connectivity index (χ0v) is 25.6. The van der Waals surface area contributed by atoms with Gasteiger partial charge in [0, 0.05) is 6.42 Å². The molecule has 2 heteroatoms. The van der Waals surface area contributed by atoms with Crippen molar-refractivity contribution in [1.82, 2.24) is 4.57 Å². The molecule has 1 aromatic carbocycles. The molecule has 0 bridgehead atoms. The van der Waals surface area contributed by atoms with Crippen molar-refractivity contribution in [3.05, 3.63) is 54.1 Å². The Morgan fingerprint density at radius 3 is 1.58 bits per heavy atom. The van der Waals surface area contributed by atoms with Gasteiger partial charge in [-0.05, 0) is 37.7 Å². The van der Waals surface area contributed by atoms with Crippen LogP contribution in [0.1, 0.15) is 160 Å². The van der Waals surface area contributed by atoms with Gasteiger partial charge in [-0.2, -0.15) is 0 Å². The van der Waals surface area contributed by atoms with E-state index in [0.717, 1.165) is 6.54 Å². The lowest BCUT2D eigenvalue weighted by Crippen LogP contribution is -2.37. The number of aromatic nitrogens is 2. The van der Waals surface area contributed by atoms with Crippen molar-refractivity contribution in [3.63, 3.8) is 0 Å². The van der Waals surface area contributed by atoms with Gasteiger partial charge in [-0.15, -0.1) is 0 Å². The van der Waals surface area contributed by atoms with E-state index in [1.807, 2.05) is 0 Å². The maximum Gasteiger partial charge on any atom is 0.256 e. The summed E-state index contributed by atoms with van der Waals surface area (Å²) in [5, 5.41) is 0. The van der Waals surface area contributed by atoms with Gasteiger partial charge in [-0.1, -0.05) is 153 Å². The zero-order chi connectivity index (χ0) is 26.9. The Labute approximate surface area is 237 Å². The standard InChI is InChI=1S/C36H63N2/c1-3-5-7-9-10-11-12-13-14-15-16-17-18-19-20-24-30-36-37(31-25-8-6-4-2)33-34-38(36)32-26-29-35-27-22-21-23-28-35/h21-23,27-28,33-34H,3-20,24-26,29-32H2,1-2H3/q+1. The minimum Gasteiger partial charge on any atom is -0.234 e. The van der Waals surface area contributed by atoms with Gasteiger partial charge in [-0.3, -0.25) is 0 Å². The molecule has 216 valence electrons. The summed E-state index contributed by atoms with van der Waals surface area (Å²) in [6, 6.07) is 11.0. The Balaban J connectivity index is 1.57. The van der Waals surface area contributed by atoms with E-state index in [-0.39, 0.29) is 0 Å². The van der Waals surface area contributed by atoms with E-state index < -0.39 is 0 Å². The molecule has 0 aliphatic heterocycles. The first kappa shape index (κ1) is 32.6. The van der Waals surface area contributed by atoms with Gasteiger partial charge in [0.05, 0.1) is 13.1 Å². The van der Waals surface area contributed by atoms with Crippen LogP contribution < -0.4 is 4.57 Å². The molecule has 1 heterocycles. The van der Waals surface area contributed by atoms with E-state index in [1.165, 1.54) is 160 Å². The third kappa shape index (κ3) is 15.7. The van der Waals surface area contributed by atoms with E-state index in [2.05, 4.69) is 65.7 Å². The lowest BCUT2D eigenvalue weighted by Gasteiger charge is -2.07. The number of aryl methyl sites for hydroxylation is 3. The monoisotopic (exact) mass is 523 g/mol. The lowest BCUT2D eigenvalue weighted by molar-refractivity contribution is -0.704. The first-order chi connectivity index (χ1) is 18.8. The average Bonchev–Trinajstić information content (AvgIpc) is 3.32. The Kier molecular flexibility index (Phi) is 20.0. The van der Waals surface area contributed by atoms with Gasteiger partial charge in [0.25, 0.3) is 5.82 Å². The van der Waals surface area contributed by atoms with Crippen LogP contribution in [0.25, 0.3) is 0 Å². The SMILES string of the molecule is CCCCCCCCCCCCCCCCCCc1n(CCCCCC)cc[n+]1CCCc1ccccc1. The van der Waals surface area contributed by atoms with E-state index >= 15 is 0 Å². The first-order valence-electron chi connectivity index (χ1n) is 17.0. The van der Waals surface area contributed by atoms with Crippen LogP contribution in [-0.4, -0.2) is 4.57 Å². The van der Waals surface area contributed by atoms with Crippen molar-refractivity contribution < 1.29 is 4.57 Å². The number of imidazole rings is 1. The highest BCUT2D eigenvalue weighted by Crippen LogP contribution is 2.15. The molecule has 38 heavy (non-hydrogen) atoms. The molecular formula is C36H63N2+. The Morgan fingerprint density at radius 2 is 1.03 bits per heavy atom. The van der Waals surface area contributed by atoms with Crippen molar-refractivity contribution in [1.29, 1.82) is 0 Å². The van der Waals surface area contributed by atoms with Crippen molar-refractivity contribution in [2.75, 3.05) is 0 Å². The highest BCUT2D eigenvalue weighted by Gasteiger charge is 2.16. The molecule has 0 saturated carbocycles. The van der Waals surface area contributed by atoms with Crippen LogP contribution in [-0.2, 0) is 25.9 Å². The van der Waals surface area contributed by atoms with Crippen molar-refractivity contribution >= 4 is 0 Å². The molecule has 0 aliphatic carbocycles. The average molecular weight is 524 g/mol. The smallest absolute Gasteiger partial charge is 0.234 e. The number of unbranched alkanes of at least 4 members (excludes halogenated alkanes) is 18. The fourth-order valence-corrected chi connectivity index (χ4v) is 5.83. The molecule has 2 aromatic rings. The first-order valence-corrected chi connectivity index (χ1v) is 17.0. The van der Waals surface area contributed by atoms with Gasteiger partial charge < -0.3 is 0 Å². The molecule has 0 radical (unpaired) electrons. The molecule has 0 amide bonds. The number of benzene rings is 1. The molecule has 0 spiro atoms. The molecule has 0 fully saturated rings. The molecule has 0 aliphatic rings. The summed E-state index contributed by atoms with van der Waals surface area (Å²) in [5.74, 6) is 1.57. The number of rotatable bonds is 26. The molecular weight excluding hydrogens is 460 g/mol. The highest BCUT2D eigenvalue weighted by atomic mass is 15.1. The van der Waals surface area contributed by atoms with E-state index in [0.29, 0.717) is 0 Å². The van der Waals surface area contributed by atoms with Gasteiger partial charge in [-0.25, -0.2) is 9.13 Å². The Morgan fingerprint density at radius 1 is 0.526 bits per heavy atom. The normalized spacial score (nSPS) is 11.4. The maximum atomic E-state index is 2.57. The summed E-state index contributed by atoms with van der Waals surface area (Å²) < 4.78 is 5.14. The van der Waals surface area contributed by atoms with Crippen molar-refractivity contribution in [2.24, 2.45) is 0 Å². The summed E-state index contributed by atoms with van der Waals surface area (Å²) in [7, 11) is 0. The third-order valence-corrected chi connectivity index (χ3v) is 8.30. The Bertz CT molecular complexity index is 763. The largest absolute Gasteiger partial charge is 0.256 e. The highest BCUT2D eigenvalue weighted by molar-refractivity contribution is 5.14. The minimum absolute atomic E-state index is 1.14. The Hall–Kier alpha value is -1.57. The second kappa shape index (κ2) is 23.3. The number of nitrogens with zero attached hydrogens (tertiary/aromatic N) is 2. The molecule has 0 N–H and O–H groups in total. The third-order valence-electron chi connectivity index (χ3n) is 8.30. The van der Waals surface area contributed by atoms with E-state index in [9.17, 15) is 0 Å². The summed E-state index contributed by atoms with van der Waals surface area (Å²) in [6.07, 6.45) is 36.7. The number of hydrogen-bond donors (Lipinski definition) is 0. The molecule has 2 rings (SSSR count). The van der Waals surface area contributed by atoms with Crippen LogP contribution in [0.4, 0.5) is 0 Å². The second-order valence-corrected chi connectivity index (χ2v) is 11.8. The van der Waals surface area contributed by atoms with Crippen LogP contribution in [0.15, 0.2) is 42.7 Å². The summed E-state index contributed by atoms with van der Waals surface area (Å²) in [6.45, 7) is 6.95. The quantitative estimate of drug-likeness (QED) is 0.0856. The molecule has 0 saturated heterocycles. The molecule has 1 aromatic heterocycles. The van der Waals surface area contributed by atoms with Gasteiger partial charge >= 0.3 is 0 Å². The topological polar surface area (TPSA) is 8.81 Å². The molecule has 0 atom stereocenters. The van der Waals surface area contributed by atoms with Gasteiger partial charge in [0.15, 0.2) is 0 Å². The predicted molar refractivity (Wildman–Crippen MR) is 167 cm³/mol. The minimum atomic E-state index is 1.14.